The van der Waals surface area contributed by atoms with Crippen LogP contribution in [0.1, 0.15) is 19.3 Å². The van der Waals surface area contributed by atoms with E-state index in [0.29, 0.717) is 11.4 Å². The highest BCUT2D eigenvalue weighted by Crippen LogP contribution is 2.26. The second-order valence-corrected chi connectivity index (χ2v) is 5.88. The Bertz CT molecular complexity index is 779. The number of likely N-dealkylation sites (tertiary alicyclic amines) is 1. The standard InChI is InChI=1S/C18H21N3O3/c1-24-16-8-4-3-7-14(16)15-11-17(22)21(13-19-15)12-18(23)20-9-5-2-6-10-20/h3-4,7-8,11,13H,2,5-6,9-10,12H2,1H3. The number of rotatable bonds is 4. The number of carbonyl (C=O) groups excluding carboxylic acids is 1. The van der Waals surface area contributed by atoms with Crippen molar-refractivity contribution < 1.29 is 9.53 Å². The summed E-state index contributed by atoms with van der Waals surface area (Å²) in [5.74, 6) is 0.634. The SMILES string of the molecule is COc1ccccc1-c1cc(=O)n(CC(=O)N2CCCCC2)cn1. The number of hydrogen-bond donors (Lipinski definition) is 0. The van der Waals surface area contributed by atoms with Crippen LogP contribution in [0.25, 0.3) is 11.3 Å². The van der Waals surface area contributed by atoms with Gasteiger partial charge in [-0.3, -0.25) is 14.2 Å². The van der Waals surface area contributed by atoms with Crippen molar-refractivity contribution in [2.24, 2.45) is 0 Å². The van der Waals surface area contributed by atoms with Crippen molar-refractivity contribution in [1.82, 2.24) is 14.5 Å². The zero-order valence-corrected chi connectivity index (χ0v) is 13.8. The summed E-state index contributed by atoms with van der Waals surface area (Å²) in [6.45, 7) is 1.60. The Morgan fingerprint density at radius 2 is 1.96 bits per heavy atom. The quantitative estimate of drug-likeness (QED) is 0.861. The van der Waals surface area contributed by atoms with Gasteiger partial charge in [-0.15, -0.1) is 0 Å². The Balaban J connectivity index is 1.80. The summed E-state index contributed by atoms with van der Waals surface area (Å²) in [6, 6.07) is 8.85. The van der Waals surface area contributed by atoms with Crippen LogP contribution in [-0.4, -0.2) is 40.6 Å². The molecule has 0 aliphatic carbocycles. The van der Waals surface area contributed by atoms with Crippen molar-refractivity contribution in [2.75, 3.05) is 20.2 Å². The Kier molecular flexibility index (Phi) is 4.93. The van der Waals surface area contributed by atoms with Crippen LogP contribution in [0.15, 0.2) is 41.5 Å². The van der Waals surface area contributed by atoms with E-state index in [0.717, 1.165) is 31.5 Å². The van der Waals surface area contributed by atoms with Gasteiger partial charge in [0.15, 0.2) is 0 Å². The number of aromatic nitrogens is 2. The highest BCUT2D eigenvalue weighted by molar-refractivity contribution is 5.76. The normalized spacial score (nSPS) is 14.5. The van der Waals surface area contributed by atoms with Crippen LogP contribution in [0.2, 0.25) is 0 Å². The molecular weight excluding hydrogens is 306 g/mol. The van der Waals surface area contributed by atoms with Crippen molar-refractivity contribution in [3.05, 3.63) is 47.0 Å². The topological polar surface area (TPSA) is 64.4 Å². The maximum atomic E-state index is 12.3. The summed E-state index contributed by atoms with van der Waals surface area (Å²) in [4.78, 5) is 30.8. The van der Waals surface area contributed by atoms with Gasteiger partial charge in [0.05, 0.1) is 19.1 Å². The molecule has 1 amide bonds. The van der Waals surface area contributed by atoms with Gasteiger partial charge in [0.25, 0.3) is 5.56 Å². The van der Waals surface area contributed by atoms with Gasteiger partial charge in [-0.05, 0) is 31.4 Å². The molecule has 1 aliphatic heterocycles. The molecule has 0 radical (unpaired) electrons. The van der Waals surface area contributed by atoms with E-state index in [4.69, 9.17) is 4.74 Å². The molecular formula is C18H21N3O3. The first-order valence-electron chi connectivity index (χ1n) is 8.16. The molecule has 0 bridgehead atoms. The monoisotopic (exact) mass is 327 g/mol. The first kappa shape index (κ1) is 16.2. The van der Waals surface area contributed by atoms with Crippen LogP contribution >= 0.6 is 0 Å². The maximum Gasteiger partial charge on any atom is 0.254 e. The third-order valence-corrected chi connectivity index (χ3v) is 4.28. The highest BCUT2D eigenvalue weighted by Gasteiger charge is 2.17. The molecule has 1 aliphatic rings. The minimum absolute atomic E-state index is 0.0244. The molecule has 0 atom stereocenters. The summed E-state index contributed by atoms with van der Waals surface area (Å²) >= 11 is 0. The van der Waals surface area contributed by atoms with Gasteiger partial charge in [0.2, 0.25) is 5.91 Å². The predicted molar refractivity (Wildman–Crippen MR) is 90.9 cm³/mol. The first-order valence-corrected chi connectivity index (χ1v) is 8.16. The fourth-order valence-electron chi connectivity index (χ4n) is 2.94. The van der Waals surface area contributed by atoms with Crippen LogP contribution in [0.5, 0.6) is 5.75 Å². The average molecular weight is 327 g/mol. The fraction of sp³-hybridized carbons (Fsp3) is 0.389. The number of para-hydroxylation sites is 1. The van der Waals surface area contributed by atoms with Gasteiger partial charge in [-0.2, -0.15) is 0 Å². The lowest BCUT2D eigenvalue weighted by Crippen LogP contribution is -2.39. The molecule has 1 saturated heterocycles. The van der Waals surface area contributed by atoms with Crippen molar-refractivity contribution in [2.45, 2.75) is 25.8 Å². The molecule has 0 spiro atoms. The molecule has 0 unspecified atom stereocenters. The largest absolute Gasteiger partial charge is 0.496 e. The van der Waals surface area contributed by atoms with Gasteiger partial charge in [-0.1, -0.05) is 12.1 Å². The van der Waals surface area contributed by atoms with Crippen molar-refractivity contribution in [1.29, 1.82) is 0 Å². The zero-order valence-electron chi connectivity index (χ0n) is 13.8. The number of carbonyl (C=O) groups is 1. The number of ether oxygens (including phenoxy) is 1. The second-order valence-electron chi connectivity index (χ2n) is 5.88. The van der Waals surface area contributed by atoms with E-state index in [1.165, 1.54) is 23.4 Å². The minimum atomic E-state index is -0.240. The van der Waals surface area contributed by atoms with Crippen LogP contribution in [0.4, 0.5) is 0 Å². The van der Waals surface area contributed by atoms with Gasteiger partial charge < -0.3 is 9.64 Å². The van der Waals surface area contributed by atoms with E-state index >= 15 is 0 Å². The summed E-state index contributed by atoms with van der Waals surface area (Å²) in [7, 11) is 1.58. The van der Waals surface area contributed by atoms with Gasteiger partial charge >= 0.3 is 0 Å². The lowest BCUT2D eigenvalue weighted by atomic mass is 10.1. The third kappa shape index (κ3) is 3.48. The number of amides is 1. The number of methoxy groups -OCH3 is 1. The molecule has 1 aromatic heterocycles. The average Bonchev–Trinajstić information content (AvgIpc) is 2.64. The Hall–Kier alpha value is -2.63. The van der Waals surface area contributed by atoms with E-state index in [2.05, 4.69) is 4.98 Å². The molecule has 0 N–H and O–H groups in total. The minimum Gasteiger partial charge on any atom is -0.496 e. The van der Waals surface area contributed by atoms with Crippen LogP contribution in [0, 0.1) is 0 Å². The second kappa shape index (κ2) is 7.29. The smallest absolute Gasteiger partial charge is 0.254 e. The Morgan fingerprint density at radius 1 is 1.21 bits per heavy atom. The molecule has 2 heterocycles. The summed E-state index contributed by atoms with van der Waals surface area (Å²) in [5, 5.41) is 0. The number of benzene rings is 1. The van der Waals surface area contributed by atoms with E-state index in [-0.39, 0.29) is 18.0 Å². The summed E-state index contributed by atoms with van der Waals surface area (Å²) in [5.41, 5.74) is 1.06. The maximum absolute atomic E-state index is 12.3. The molecule has 2 aromatic rings. The number of piperidine rings is 1. The number of nitrogens with zero attached hydrogens (tertiary/aromatic N) is 3. The van der Waals surface area contributed by atoms with E-state index in [9.17, 15) is 9.59 Å². The van der Waals surface area contributed by atoms with Crippen molar-refractivity contribution in [3.63, 3.8) is 0 Å². The van der Waals surface area contributed by atoms with E-state index in [1.807, 2.05) is 29.2 Å². The summed E-state index contributed by atoms with van der Waals surface area (Å²) in [6.07, 6.45) is 4.67. The van der Waals surface area contributed by atoms with Gasteiger partial charge in [0.1, 0.15) is 12.3 Å². The van der Waals surface area contributed by atoms with Gasteiger partial charge in [0, 0.05) is 24.7 Å². The lowest BCUT2D eigenvalue weighted by Gasteiger charge is -2.26. The first-order chi connectivity index (χ1) is 11.7. The van der Waals surface area contributed by atoms with Crippen LogP contribution in [-0.2, 0) is 11.3 Å². The Labute approximate surface area is 140 Å². The highest BCUT2D eigenvalue weighted by atomic mass is 16.5. The Morgan fingerprint density at radius 3 is 2.67 bits per heavy atom. The summed E-state index contributed by atoms with van der Waals surface area (Å²) < 4.78 is 6.66. The van der Waals surface area contributed by atoms with E-state index < -0.39 is 0 Å². The fourth-order valence-corrected chi connectivity index (χ4v) is 2.94. The molecule has 1 aromatic carbocycles. The molecule has 126 valence electrons. The predicted octanol–water partition coefficient (Wildman–Crippen LogP) is 1.93. The molecule has 3 rings (SSSR count). The van der Waals surface area contributed by atoms with E-state index in [1.54, 1.807) is 7.11 Å². The molecule has 0 saturated carbocycles. The van der Waals surface area contributed by atoms with Crippen molar-refractivity contribution in [3.8, 4) is 17.0 Å². The molecule has 6 nitrogen and oxygen atoms in total. The number of hydrogen-bond acceptors (Lipinski definition) is 4. The third-order valence-electron chi connectivity index (χ3n) is 4.28. The van der Waals surface area contributed by atoms with Gasteiger partial charge in [-0.25, -0.2) is 4.98 Å². The van der Waals surface area contributed by atoms with Crippen LogP contribution < -0.4 is 10.3 Å². The lowest BCUT2D eigenvalue weighted by molar-refractivity contribution is -0.132. The molecule has 1 fully saturated rings. The molecule has 6 heteroatoms. The molecule has 24 heavy (non-hydrogen) atoms. The van der Waals surface area contributed by atoms with Crippen molar-refractivity contribution >= 4 is 5.91 Å². The zero-order chi connectivity index (χ0) is 16.9. The van der Waals surface area contributed by atoms with Crippen LogP contribution in [0.3, 0.4) is 0 Å².